The molecule has 100 valence electrons. The number of nitrogens with one attached hydrogen (secondary N) is 2. The van der Waals surface area contributed by atoms with Gasteiger partial charge in [-0.1, -0.05) is 6.07 Å². The molecule has 4 nitrogen and oxygen atoms in total. The van der Waals surface area contributed by atoms with Crippen molar-refractivity contribution in [1.29, 1.82) is 0 Å². The van der Waals surface area contributed by atoms with Crippen LogP contribution in [0.2, 0.25) is 0 Å². The van der Waals surface area contributed by atoms with Gasteiger partial charge in [0.1, 0.15) is 0 Å². The predicted molar refractivity (Wildman–Crippen MR) is 71.2 cm³/mol. The summed E-state index contributed by atoms with van der Waals surface area (Å²) in [6, 6.07) is 4.56. The monoisotopic (exact) mass is 253 g/mol. The number of hydrogen-bond donors (Lipinski definition) is 3. The first-order chi connectivity index (χ1) is 8.52. The molecule has 0 aliphatic carbocycles. The second-order valence-electron chi connectivity index (χ2n) is 4.28. The number of phenolic OH excluding ortho intramolecular Hbond substituents is 1. The van der Waals surface area contributed by atoms with Gasteiger partial charge in [-0.15, -0.1) is 0 Å². The number of aromatic hydroxyl groups is 1. The van der Waals surface area contributed by atoms with Crippen molar-refractivity contribution in [2.45, 2.75) is 33.4 Å². The predicted octanol–water partition coefficient (Wildman–Crippen LogP) is 1.99. The molecule has 0 fully saturated rings. The van der Waals surface area contributed by atoms with E-state index in [1.54, 1.807) is 6.07 Å². The molecule has 0 atom stereocenters. The number of phenols is 1. The summed E-state index contributed by atoms with van der Waals surface area (Å²) in [6.07, 6.45) is 0. The molecular formula is C13H20FN3O. The molecule has 0 heterocycles. The number of aliphatic imine (C=N–C) groups is 1. The second kappa shape index (κ2) is 6.83. The fourth-order valence-corrected chi connectivity index (χ4v) is 1.41. The van der Waals surface area contributed by atoms with E-state index in [0.717, 1.165) is 6.54 Å². The Balaban J connectivity index is 2.71. The Bertz CT molecular complexity index is 419. The van der Waals surface area contributed by atoms with Gasteiger partial charge in [0, 0.05) is 12.6 Å². The summed E-state index contributed by atoms with van der Waals surface area (Å²) in [4.78, 5) is 4.34. The molecule has 0 aromatic heterocycles. The van der Waals surface area contributed by atoms with Gasteiger partial charge in [-0.25, -0.2) is 9.38 Å². The van der Waals surface area contributed by atoms with Crippen molar-refractivity contribution in [2.24, 2.45) is 4.99 Å². The highest BCUT2D eigenvalue weighted by molar-refractivity contribution is 5.79. The van der Waals surface area contributed by atoms with Crippen molar-refractivity contribution in [2.75, 3.05) is 6.54 Å². The number of halogens is 1. The lowest BCUT2D eigenvalue weighted by Gasteiger charge is -2.13. The van der Waals surface area contributed by atoms with E-state index in [4.69, 9.17) is 5.11 Å². The maximum atomic E-state index is 13.1. The summed E-state index contributed by atoms with van der Waals surface area (Å²) < 4.78 is 13.1. The first-order valence-corrected chi connectivity index (χ1v) is 6.05. The van der Waals surface area contributed by atoms with E-state index in [-0.39, 0.29) is 11.8 Å². The van der Waals surface area contributed by atoms with E-state index < -0.39 is 5.82 Å². The maximum absolute atomic E-state index is 13.1. The van der Waals surface area contributed by atoms with Crippen LogP contribution in [0, 0.1) is 5.82 Å². The molecule has 5 heteroatoms. The minimum Gasteiger partial charge on any atom is -0.505 e. The molecule has 18 heavy (non-hydrogen) atoms. The Hall–Kier alpha value is -1.78. The SMILES string of the molecule is CCNC(=NCc1ccc(O)c(F)c1)NC(C)C. The summed E-state index contributed by atoms with van der Waals surface area (Å²) in [5, 5.41) is 15.4. The number of rotatable bonds is 4. The van der Waals surface area contributed by atoms with Crippen LogP contribution in [-0.4, -0.2) is 23.7 Å². The highest BCUT2D eigenvalue weighted by Crippen LogP contribution is 2.16. The van der Waals surface area contributed by atoms with Crippen LogP contribution in [0.5, 0.6) is 5.75 Å². The number of nitrogens with zero attached hydrogens (tertiary/aromatic N) is 1. The minimum absolute atomic E-state index is 0.277. The Labute approximate surface area is 107 Å². The van der Waals surface area contributed by atoms with E-state index in [0.29, 0.717) is 18.1 Å². The number of guanidine groups is 1. The van der Waals surface area contributed by atoms with E-state index in [2.05, 4.69) is 15.6 Å². The van der Waals surface area contributed by atoms with Gasteiger partial charge in [0.25, 0.3) is 0 Å². The lowest BCUT2D eigenvalue weighted by atomic mass is 10.2. The molecule has 0 radical (unpaired) electrons. The minimum atomic E-state index is -0.621. The van der Waals surface area contributed by atoms with Crippen molar-refractivity contribution in [3.8, 4) is 5.75 Å². The summed E-state index contributed by atoms with van der Waals surface area (Å²) in [6.45, 7) is 7.15. The topological polar surface area (TPSA) is 56.7 Å². The van der Waals surface area contributed by atoms with Gasteiger partial charge in [-0.3, -0.25) is 0 Å². The van der Waals surface area contributed by atoms with E-state index >= 15 is 0 Å². The number of benzene rings is 1. The van der Waals surface area contributed by atoms with Crippen LogP contribution in [0.3, 0.4) is 0 Å². The van der Waals surface area contributed by atoms with E-state index in [9.17, 15) is 4.39 Å². The van der Waals surface area contributed by atoms with Crippen LogP contribution < -0.4 is 10.6 Å². The molecule has 1 rings (SSSR count). The smallest absolute Gasteiger partial charge is 0.191 e. The highest BCUT2D eigenvalue weighted by atomic mass is 19.1. The second-order valence-corrected chi connectivity index (χ2v) is 4.28. The van der Waals surface area contributed by atoms with Gasteiger partial charge in [0.2, 0.25) is 0 Å². The standard InChI is InChI=1S/C13H20FN3O/c1-4-15-13(17-9(2)3)16-8-10-5-6-12(18)11(14)7-10/h5-7,9,18H,4,8H2,1-3H3,(H2,15,16,17). The third-order valence-corrected chi connectivity index (χ3v) is 2.20. The fraction of sp³-hybridized carbons (Fsp3) is 0.462. The quantitative estimate of drug-likeness (QED) is 0.568. The van der Waals surface area contributed by atoms with Crippen molar-refractivity contribution in [3.05, 3.63) is 29.6 Å². The average molecular weight is 253 g/mol. The first-order valence-electron chi connectivity index (χ1n) is 6.05. The van der Waals surface area contributed by atoms with Crippen molar-refractivity contribution in [3.63, 3.8) is 0 Å². The molecule has 0 unspecified atom stereocenters. The molecule has 1 aromatic rings. The molecule has 0 amide bonds. The Kier molecular flexibility index (Phi) is 5.42. The summed E-state index contributed by atoms with van der Waals surface area (Å²) in [7, 11) is 0. The molecule has 0 aliphatic heterocycles. The largest absolute Gasteiger partial charge is 0.505 e. The zero-order chi connectivity index (χ0) is 13.5. The lowest BCUT2D eigenvalue weighted by molar-refractivity contribution is 0.432. The number of hydrogen-bond acceptors (Lipinski definition) is 2. The van der Waals surface area contributed by atoms with Gasteiger partial charge in [0.15, 0.2) is 17.5 Å². The zero-order valence-electron chi connectivity index (χ0n) is 11.0. The van der Waals surface area contributed by atoms with Crippen LogP contribution in [-0.2, 0) is 6.54 Å². The lowest BCUT2D eigenvalue weighted by Crippen LogP contribution is -2.40. The fourth-order valence-electron chi connectivity index (χ4n) is 1.41. The van der Waals surface area contributed by atoms with Crippen molar-refractivity contribution < 1.29 is 9.50 Å². The van der Waals surface area contributed by atoms with Gasteiger partial charge >= 0.3 is 0 Å². The van der Waals surface area contributed by atoms with E-state index in [1.807, 2.05) is 20.8 Å². The Morgan fingerprint density at radius 2 is 2.17 bits per heavy atom. The summed E-state index contributed by atoms with van der Waals surface area (Å²) in [5.74, 6) is -0.263. The van der Waals surface area contributed by atoms with E-state index in [1.165, 1.54) is 12.1 Å². The average Bonchev–Trinajstić information content (AvgIpc) is 2.30. The molecule has 0 saturated heterocycles. The first kappa shape index (κ1) is 14.3. The molecule has 0 spiro atoms. The summed E-state index contributed by atoms with van der Waals surface area (Å²) >= 11 is 0. The molecule has 3 N–H and O–H groups in total. The van der Waals surface area contributed by atoms with Crippen LogP contribution in [0.25, 0.3) is 0 Å². The molecule has 1 aromatic carbocycles. The van der Waals surface area contributed by atoms with Gasteiger partial charge in [-0.2, -0.15) is 0 Å². The maximum Gasteiger partial charge on any atom is 0.191 e. The highest BCUT2D eigenvalue weighted by Gasteiger charge is 2.02. The Morgan fingerprint density at radius 3 is 2.72 bits per heavy atom. The van der Waals surface area contributed by atoms with Crippen LogP contribution in [0.1, 0.15) is 26.3 Å². The molecule has 0 bridgehead atoms. The molecule has 0 saturated carbocycles. The Morgan fingerprint density at radius 1 is 1.44 bits per heavy atom. The van der Waals surface area contributed by atoms with Crippen molar-refractivity contribution in [1.82, 2.24) is 10.6 Å². The van der Waals surface area contributed by atoms with Crippen LogP contribution >= 0.6 is 0 Å². The molecule has 0 aliphatic rings. The van der Waals surface area contributed by atoms with Crippen LogP contribution in [0.4, 0.5) is 4.39 Å². The normalized spacial score (nSPS) is 11.7. The third kappa shape index (κ3) is 4.61. The summed E-state index contributed by atoms with van der Waals surface area (Å²) in [5.41, 5.74) is 0.714. The van der Waals surface area contributed by atoms with Gasteiger partial charge in [-0.05, 0) is 38.5 Å². The van der Waals surface area contributed by atoms with Gasteiger partial charge < -0.3 is 15.7 Å². The van der Waals surface area contributed by atoms with Crippen LogP contribution in [0.15, 0.2) is 23.2 Å². The van der Waals surface area contributed by atoms with Crippen molar-refractivity contribution >= 4 is 5.96 Å². The van der Waals surface area contributed by atoms with Gasteiger partial charge in [0.05, 0.1) is 6.54 Å². The third-order valence-electron chi connectivity index (χ3n) is 2.20. The zero-order valence-corrected chi connectivity index (χ0v) is 11.0. The molecular weight excluding hydrogens is 233 g/mol.